The molecule has 0 radical (unpaired) electrons. The number of carbonyl (C=O) groups excluding carboxylic acids is 2. The minimum atomic E-state index is -0.254. The molecule has 0 unspecified atom stereocenters. The number of allylic oxidation sites excluding steroid dienone is 2. The third-order valence-electron chi connectivity index (χ3n) is 22.8. The van der Waals surface area contributed by atoms with Crippen molar-refractivity contribution in [3.05, 3.63) is 70.8 Å². The number of hydrogen-bond donors (Lipinski definition) is 0. The summed E-state index contributed by atoms with van der Waals surface area (Å²) in [6, 6.07) is 7.99. The van der Waals surface area contributed by atoms with Crippen molar-refractivity contribution in [1.82, 2.24) is 0 Å². The Labute approximate surface area is 427 Å². The largest absolute Gasteiger partial charge is 0.459 e. The Bertz CT molecular complexity index is 1970. The van der Waals surface area contributed by atoms with Gasteiger partial charge in [-0.15, -0.1) is 0 Å². The summed E-state index contributed by atoms with van der Waals surface area (Å²) in [5.74, 6) is 9.45. The van der Waals surface area contributed by atoms with E-state index in [0.717, 1.165) is 121 Å². The normalized spacial score (nSPS) is 39.8. The van der Waals surface area contributed by atoms with Crippen molar-refractivity contribution >= 4 is 24.1 Å². The topological polar surface area (TPSA) is 52.6 Å². The predicted molar refractivity (Wildman–Crippen MR) is 290 cm³/mol. The van der Waals surface area contributed by atoms with Crippen molar-refractivity contribution in [3.8, 4) is 0 Å². The van der Waals surface area contributed by atoms with Crippen molar-refractivity contribution in [2.45, 2.75) is 223 Å². The number of carbonyl (C=O) groups is 2. The van der Waals surface area contributed by atoms with E-state index in [9.17, 15) is 9.59 Å². The third-order valence-corrected chi connectivity index (χ3v) is 22.8. The second kappa shape index (κ2) is 21.2. The molecule has 0 saturated heterocycles. The fourth-order valence-corrected chi connectivity index (χ4v) is 19.0. The Balaban J connectivity index is 0.720. The highest BCUT2D eigenvalue weighted by Gasteiger charge is 2.61. The zero-order valence-corrected chi connectivity index (χ0v) is 46.0. The molecule has 0 aromatic heterocycles. The fraction of sp³-hybridized carbons (Fsp3) is 0.758. The zero-order chi connectivity index (χ0) is 49.6. The van der Waals surface area contributed by atoms with E-state index in [0.29, 0.717) is 10.8 Å². The molecule has 0 amide bonds. The maximum absolute atomic E-state index is 13.2. The van der Waals surface area contributed by atoms with Gasteiger partial charge in [-0.25, -0.2) is 9.59 Å². The second-order valence-corrected chi connectivity index (χ2v) is 27.5. The Morgan fingerprint density at radius 3 is 1.31 bits per heavy atom. The molecule has 8 aliphatic carbocycles. The lowest BCUT2D eigenvalue weighted by atomic mass is 9.47. The highest BCUT2D eigenvalue weighted by Crippen LogP contribution is 2.69. The fourth-order valence-electron chi connectivity index (χ4n) is 19.0. The smallest absolute Gasteiger partial charge is 0.331 e. The first-order valence-corrected chi connectivity index (χ1v) is 29.7. The molecule has 1 aromatic carbocycles. The lowest BCUT2D eigenvalue weighted by Gasteiger charge is -2.58. The highest BCUT2D eigenvalue weighted by atomic mass is 16.5. The van der Waals surface area contributed by atoms with Gasteiger partial charge in [0.2, 0.25) is 0 Å². The van der Waals surface area contributed by atoms with Crippen molar-refractivity contribution in [3.63, 3.8) is 0 Å². The van der Waals surface area contributed by atoms with Gasteiger partial charge in [0.25, 0.3) is 0 Å². The van der Waals surface area contributed by atoms with Gasteiger partial charge in [-0.1, -0.05) is 155 Å². The molecular formula is C66H98O4. The molecule has 386 valence electrons. The SMILES string of the molecule is CC(C)CCC[C@@H](C)[C@H]1CC[C@H]2[C@@H]3CC=C4C[C@@H](OC(=O)/C=C/c5ccc(/C=C/C(=O)O[C@H]6CC[C@@]7(C)C(=CC[C@H]8[C@@H]9CC[C@H]([C@H](C)CCCC(C)C)[C@@]9(C)CC[C@@H]87)C6)cc5)CC[C@]4(C)[C@H]3CC[C@]12C. The number of ether oxygens (including phenoxy) is 2. The monoisotopic (exact) mass is 955 g/mol. The molecule has 0 bridgehead atoms. The van der Waals surface area contributed by atoms with Crippen molar-refractivity contribution in [1.29, 1.82) is 0 Å². The van der Waals surface area contributed by atoms with Crippen LogP contribution in [0.5, 0.6) is 0 Å². The summed E-state index contributed by atoms with van der Waals surface area (Å²) in [6.45, 7) is 25.1. The molecule has 4 nitrogen and oxygen atoms in total. The summed E-state index contributed by atoms with van der Waals surface area (Å²) in [5, 5.41) is 0. The van der Waals surface area contributed by atoms with E-state index in [1.54, 1.807) is 23.3 Å². The second-order valence-electron chi connectivity index (χ2n) is 27.5. The highest BCUT2D eigenvalue weighted by molar-refractivity contribution is 5.88. The molecule has 9 rings (SSSR count). The molecule has 0 heterocycles. The maximum Gasteiger partial charge on any atom is 0.331 e. The average Bonchev–Trinajstić information content (AvgIpc) is 3.87. The Hall–Kier alpha value is -2.88. The van der Waals surface area contributed by atoms with Crippen LogP contribution in [-0.4, -0.2) is 24.1 Å². The van der Waals surface area contributed by atoms with E-state index in [1.165, 1.54) is 103 Å². The van der Waals surface area contributed by atoms with Crippen LogP contribution >= 0.6 is 0 Å². The van der Waals surface area contributed by atoms with Crippen LogP contribution in [0.15, 0.2) is 59.7 Å². The van der Waals surface area contributed by atoms with Gasteiger partial charge >= 0.3 is 11.9 Å². The summed E-state index contributed by atoms with van der Waals surface area (Å²) in [5.41, 5.74) is 6.51. The van der Waals surface area contributed by atoms with Gasteiger partial charge in [-0.05, 0) is 206 Å². The number of benzene rings is 1. The molecule has 0 aliphatic heterocycles. The summed E-state index contributed by atoms with van der Waals surface area (Å²) < 4.78 is 12.3. The quantitative estimate of drug-likeness (QED) is 0.0941. The standard InChI is InChI=1S/C66H98O4/c1-43(2)13-11-15-45(5)55-27-29-57-53-25-23-49-41-51(33-37-63(49,7)59(53)35-39-65(55,57)9)69-61(67)31-21-47-17-19-48(20-18-47)22-32-62(68)70-52-34-38-64(8)50(42-52)24-26-54-58-30-28-56(46(6)16-12-14-44(3)4)66(58,10)40-36-60(54)64/h17-24,31-32,43-46,51-60H,11-16,25-30,33-42H2,1-10H3/b31-21+,32-22+/t45-,46-,51+,52+,53+,54+,55-,56-,57+,58+,59+,60+,63+,64+,65-,66-/m1/s1. The van der Waals surface area contributed by atoms with Crippen molar-refractivity contribution < 1.29 is 19.1 Å². The first kappa shape index (κ1) is 52.0. The molecular weight excluding hydrogens is 857 g/mol. The Morgan fingerprint density at radius 2 is 0.929 bits per heavy atom. The molecule has 1 aromatic rings. The summed E-state index contributed by atoms with van der Waals surface area (Å²) in [4.78, 5) is 26.4. The van der Waals surface area contributed by atoms with Crippen molar-refractivity contribution in [2.24, 2.45) is 92.7 Å². The van der Waals surface area contributed by atoms with Gasteiger partial charge in [-0.3, -0.25) is 0 Å². The maximum atomic E-state index is 13.2. The van der Waals surface area contributed by atoms with E-state index in [4.69, 9.17) is 9.47 Å². The molecule has 4 heteroatoms. The van der Waals surface area contributed by atoms with Crippen LogP contribution in [0.1, 0.15) is 222 Å². The first-order chi connectivity index (χ1) is 33.4. The summed E-state index contributed by atoms with van der Waals surface area (Å²) >= 11 is 0. The number of hydrogen-bond acceptors (Lipinski definition) is 4. The molecule has 6 saturated carbocycles. The van der Waals surface area contributed by atoms with Gasteiger partial charge in [0, 0.05) is 25.0 Å². The molecule has 8 aliphatic rings. The molecule has 0 spiro atoms. The van der Waals surface area contributed by atoms with Gasteiger partial charge < -0.3 is 9.47 Å². The minimum Gasteiger partial charge on any atom is -0.459 e. The minimum absolute atomic E-state index is 0.0479. The first-order valence-electron chi connectivity index (χ1n) is 29.7. The Morgan fingerprint density at radius 1 is 0.529 bits per heavy atom. The van der Waals surface area contributed by atoms with Gasteiger partial charge in [-0.2, -0.15) is 0 Å². The molecule has 16 atom stereocenters. The molecule has 0 N–H and O–H groups in total. The number of rotatable bonds is 16. The average molecular weight is 956 g/mol. The van der Waals surface area contributed by atoms with E-state index < -0.39 is 0 Å². The Kier molecular flexibility index (Phi) is 15.7. The predicted octanol–water partition coefficient (Wildman–Crippen LogP) is 17.6. The molecule has 70 heavy (non-hydrogen) atoms. The summed E-state index contributed by atoms with van der Waals surface area (Å²) in [6.07, 6.45) is 39.9. The zero-order valence-electron chi connectivity index (χ0n) is 46.0. The van der Waals surface area contributed by atoms with Gasteiger partial charge in [0.15, 0.2) is 0 Å². The van der Waals surface area contributed by atoms with Crippen LogP contribution in [0.4, 0.5) is 0 Å². The van der Waals surface area contributed by atoms with Crippen LogP contribution in [0.3, 0.4) is 0 Å². The lowest BCUT2D eigenvalue weighted by Crippen LogP contribution is -2.51. The van der Waals surface area contributed by atoms with E-state index in [1.807, 2.05) is 36.4 Å². The number of esters is 2. The van der Waals surface area contributed by atoms with Gasteiger partial charge in [0.05, 0.1) is 0 Å². The van der Waals surface area contributed by atoms with Crippen LogP contribution in [0.2, 0.25) is 0 Å². The van der Waals surface area contributed by atoms with Crippen molar-refractivity contribution in [2.75, 3.05) is 0 Å². The molecule has 6 fully saturated rings. The number of fused-ring (bicyclic) bond motifs is 10. The lowest BCUT2D eigenvalue weighted by molar-refractivity contribution is -0.146. The van der Waals surface area contributed by atoms with Crippen LogP contribution < -0.4 is 0 Å². The van der Waals surface area contributed by atoms with Crippen LogP contribution in [-0.2, 0) is 19.1 Å². The third kappa shape index (κ3) is 10.3. The van der Waals surface area contributed by atoms with E-state index >= 15 is 0 Å². The summed E-state index contributed by atoms with van der Waals surface area (Å²) in [7, 11) is 0. The van der Waals surface area contributed by atoms with Gasteiger partial charge in [0.1, 0.15) is 12.2 Å². The van der Waals surface area contributed by atoms with Crippen LogP contribution in [0, 0.1) is 92.7 Å². The van der Waals surface area contributed by atoms with E-state index in [2.05, 4.69) is 81.4 Å². The van der Waals surface area contributed by atoms with E-state index in [-0.39, 0.29) is 35.0 Å². The van der Waals surface area contributed by atoms with Crippen LogP contribution in [0.25, 0.3) is 12.2 Å².